The van der Waals surface area contributed by atoms with Crippen molar-refractivity contribution in [1.29, 1.82) is 0 Å². The first-order chi connectivity index (χ1) is 11.2. The number of carbonyl (C=O) groups excluding carboxylic acids is 2. The molecule has 2 aromatic rings. The van der Waals surface area contributed by atoms with Gasteiger partial charge in [0.1, 0.15) is 22.9 Å². The summed E-state index contributed by atoms with van der Waals surface area (Å²) in [7, 11) is 0. The molecule has 2 aromatic heterocycles. The molecule has 3 N–H and O–H groups in total. The molecule has 2 rings (SSSR count). The van der Waals surface area contributed by atoms with E-state index in [1.165, 1.54) is 12.3 Å². The van der Waals surface area contributed by atoms with Gasteiger partial charge in [0, 0.05) is 5.56 Å². The van der Waals surface area contributed by atoms with Crippen LogP contribution < -0.4 is 10.6 Å². The summed E-state index contributed by atoms with van der Waals surface area (Å²) in [5.41, 5.74) is -0.250. The smallest absolute Gasteiger partial charge is 0.255 e. The number of nitrogens with one attached hydrogen (secondary N) is 2. The quantitative estimate of drug-likeness (QED) is 0.743. The van der Waals surface area contributed by atoms with E-state index in [1.807, 2.05) is 0 Å². The van der Waals surface area contributed by atoms with Crippen molar-refractivity contribution >= 4 is 11.8 Å². The molecule has 0 aromatic carbocycles. The minimum absolute atomic E-state index is 0.00621. The fourth-order valence-electron chi connectivity index (χ4n) is 2.47. The third-order valence-corrected chi connectivity index (χ3v) is 3.76. The van der Waals surface area contributed by atoms with Gasteiger partial charge >= 0.3 is 0 Å². The fourth-order valence-corrected chi connectivity index (χ4v) is 2.47. The molecular weight excluding hydrogens is 312 g/mol. The van der Waals surface area contributed by atoms with Gasteiger partial charge in [0.25, 0.3) is 5.91 Å². The highest BCUT2D eigenvalue weighted by molar-refractivity contribution is 5.97. The minimum Gasteiger partial charge on any atom is -0.469 e. The third-order valence-electron chi connectivity index (χ3n) is 3.76. The van der Waals surface area contributed by atoms with Crippen molar-refractivity contribution in [3.63, 3.8) is 0 Å². The molecule has 24 heavy (non-hydrogen) atoms. The van der Waals surface area contributed by atoms with Crippen molar-refractivity contribution in [2.75, 3.05) is 13.1 Å². The van der Waals surface area contributed by atoms with E-state index in [0.29, 0.717) is 28.4 Å². The van der Waals surface area contributed by atoms with Gasteiger partial charge < -0.3 is 24.6 Å². The molecule has 0 bridgehead atoms. The fraction of sp³-hybridized carbons (Fsp3) is 0.412. The van der Waals surface area contributed by atoms with E-state index in [4.69, 9.17) is 8.83 Å². The lowest BCUT2D eigenvalue weighted by atomic mass is 9.96. The Morgan fingerprint density at radius 2 is 1.92 bits per heavy atom. The SMILES string of the molecule is Cc1cc(C(C)(O)CNC(=O)CNC(=O)c2ccoc2C)c(C)o1. The monoisotopic (exact) mass is 334 g/mol. The average Bonchev–Trinajstić information content (AvgIpc) is 3.08. The normalized spacial score (nSPS) is 13.4. The minimum atomic E-state index is -1.26. The zero-order valence-corrected chi connectivity index (χ0v) is 14.2. The van der Waals surface area contributed by atoms with Crippen molar-refractivity contribution in [2.45, 2.75) is 33.3 Å². The first-order valence-electron chi connectivity index (χ1n) is 7.59. The summed E-state index contributed by atoms with van der Waals surface area (Å²) in [6, 6.07) is 3.28. The maximum Gasteiger partial charge on any atom is 0.255 e. The standard InChI is InChI=1S/C17H22N2O5/c1-10-7-14(12(3)24-10)17(4,22)9-19-15(20)8-18-16(21)13-5-6-23-11(13)2/h5-7,22H,8-9H2,1-4H3,(H,18,21)(H,19,20). The van der Waals surface area contributed by atoms with Crippen LogP contribution in [0.5, 0.6) is 0 Å². The summed E-state index contributed by atoms with van der Waals surface area (Å²) < 4.78 is 10.4. The molecule has 0 aliphatic rings. The first-order valence-corrected chi connectivity index (χ1v) is 7.59. The summed E-state index contributed by atoms with van der Waals surface area (Å²) in [5.74, 6) is 1.00. The highest BCUT2D eigenvalue weighted by Crippen LogP contribution is 2.26. The number of carbonyl (C=O) groups is 2. The van der Waals surface area contributed by atoms with E-state index >= 15 is 0 Å². The number of aliphatic hydroxyl groups is 1. The number of hydrogen-bond donors (Lipinski definition) is 3. The average molecular weight is 334 g/mol. The van der Waals surface area contributed by atoms with E-state index < -0.39 is 11.5 Å². The molecule has 2 heterocycles. The Labute approximate surface area is 140 Å². The molecule has 0 radical (unpaired) electrons. The van der Waals surface area contributed by atoms with Crippen LogP contribution in [0, 0.1) is 20.8 Å². The van der Waals surface area contributed by atoms with E-state index in [9.17, 15) is 14.7 Å². The second-order valence-corrected chi connectivity index (χ2v) is 5.95. The molecular formula is C17H22N2O5. The summed E-state index contributed by atoms with van der Waals surface area (Å²) in [6.07, 6.45) is 1.41. The van der Waals surface area contributed by atoms with Gasteiger partial charge in [-0.25, -0.2) is 0 Å². The molecule has 0 saturated heterocycles. The van der Waals surface area contributed by atoms with Gasteiger partial charge in [-0.1, -0.05) is 0 Å². The number of aryl methyl sites for hydroxylation is 3. The number of rotatable bonds is 6. The second-order valence-electron chi connectivity index (χ2n) is 5.95. The maximum atomic E-state index is 11.9. The molecule has 1 atom stereocenters. The van der Waals surface area contributed by atoms with Crippen LogP contribution in [0.3, 0.4) is 0 Å². The molecule has 2 amide bonds. The van der Waals surface area contributed by atoms with Crippen LogP contribution in [-0.2, 0) is 10.4 Å². The van der Waals surface area contributed by atoms with Crippen molar-refractivity contribution < 1.29 is 23.5 Å². The van der Waals surface area contributed by atoms with Crippen molar-refractivity contribution in [2.24, 2.45) is 0 Å². The lowest BCUT2D eigenvalue weighted by Crippen LogP contribution is -2.43. The number of amides is 2. The highest BCUT2D eigenvalue weighted by atomic mass is 16.3. The van der Waals surface area contributed by atoms with Gasteiger partial charge in [0.2, 0.25) is 5.91 Å². The predicted octanol–water partition coefficient (Wildman–Crippen LogP) is 1.55. The summed E-state index contributed by atoms with van der Waals surface area (Å²) in [6.45, 7) is 6.62. The van der Waals surface area contributed by atoms with Crippen LogP contribution in [0.15, 0.2) is 27.2 Å². The molecule has 0 spiro atoms. The lowest BCUT2D eigenvalue weighted by Gasteiger charge is -2.23. The summed E-state index contributed by atoms with van der Waals surface area (Å²) >= 11 is 0. The van der Waals surface area contributed by atoms with Crippen LogP contribution in [0.25, 0.3) is 0 Å². The summed E-state index contributed by atoms with van der Waals surface area (Å²) in [4.78, 5) is 23.8. The Morgan fingerprint density at radius 3 is 2.46 bits per heavy atom. The van der Waals surface area contributed by atoms with Crippen LogP contribution >= 0.6 is 0 Å². The topological polar surface area (TPSA) is 105 Å². The molecule has 0 aliphatic heterocycles. The zero-order chi connectivity index (χ0) is 17.9. The largest absolute Gasteiger partial charge is 0.469 e. The lowest BCUT2D eigenvalue weighted by molar-refractivity contribution is -0.121. The number of furan rings is 2. The van der Waals surface area contributed by atoms with Crippen LogP contribution in [0.2, 0.25) is 0 Å². The van der Waals surface area contributed by atoms with Gasteiger partial charge in [-0.15, -0.1) is 0 Å². The molecule has 0 aliphatic carbocycles. The molecule has 1 unspecified atom stereocenters. The molecule has 7 heteroatoms. The van der Waals surface area contributed by atoms with Gasteiger partial charge in [-0.3, -0.25) is 9.59 Å². The Hall–Kier alpha value is -2.54. The Kier molecular flexibility index (Phi) is 5.14. The van der Waals surface area contributed by atoms with Gasteiger partial charge in [-0.05, 0) is 39.8 Å². The predicted molar refractivity (Wildman–Crippen MR) is 86.5 cm³/mol. The highest BCUT2D eigenvalue weighted by Gasteiger charge is 2.28. The van der Waals surface area contributed by atoms with E-state index in [2.05, 4.69) is 10.6 Å². The summed E-state index contributed by atoms with van der Waals surface area (Å²) in [5, 5.41) is 15.6. The van der Waals surface area contributed by atoms with Crippen molar-refractivity contribution in [3.8, 4) is 0 Å². The Balaban J connectivity index is 1.85. The maximum absolute atomic E-state index is 11.9. The van der Waals surface area contributed by atoms with Crippen molar-refractivity contribution in [3.05, 3.63) is 46.8 Å². The van der Waals surface area contributed by atoms with Crippen LogP contribution in [-0.4, -0.2) is 30.0 Å². The van der Waals surface area contributed by atoms with Gasteiger partial charge in [0.15, 0.2) is 0 Å². The van der Waals surface area contributed by atoms with E-state index in [0.717, 1.165) is 0 Å². The molecule has 0 saturated carbocycles. The van der Waals surface area contributed by atoms with Gasteiger partial charge in [-0.2, -0.15) is 0 Å². The third kappa shape index (κ3) is 4.05. The molecule has 130 valence electrons. The zero-order valence-electron chi connectivity index (χ0n) is 14.2. The molecule has 0 fully saturated rings. The number of hydrogen-bond acceptors (Lipinski definition) is 5. The van der Waals surface area contributed by atoms with E-state index in [1.54, 1.807) is 33.8 Å². The second kappa shape index (κ2) is 6.92. The van der Waals surface area contributed by atoms with Crippen LogP contribution in [0.4, 0.5) is 0 Å². The van der Waals surface area contributed by atoms with Gasteiger partial charge in [0.05, 0.1) is 24.9 Å². The van der Waals surface area contributed by atoms with Crippen LogP contribution in [0.1, 0.15) is 40.1 Å². The van der Waals surface area contributed by atoms with E-state index in [-0.39, 0.29) is 19.0 Å². The van der Waals surface area contributed by atoms with Crippen molar-refractivity contribution in [1.82, 2.24) is 10.6 Å². The Morgan fingerprint density at radius 1 is 1.21 bits per heavy atom. The Bertz CT molecular complexity index is 742. The molecule has 7 nitrogen and oxygen atoms in total. The first kappa shape index (κ1) is 17.8.